The van der Waals surface area contributed by atoms with E-state index < -0.39 is 0 Å². The minimum Gasteiger partial charge on any atom is -0.322 e. The number of anilines is 1. The maximum atomic E-state index is 12.5. The van der Waals surface area contributed by atoms with Crippen molar-refractivity contribution in [2.75, 3.05) is 5.32 Å². The normalized spacial score (nSPS) is 10.5. The molecule has 0 fully saturated rings. The number of aryl methyl sites for hydroxylation is 2. The number of nitrogens with zero attached hydrogens (tertiary/aromatic N) is 1. The van der Waals surface area contributed by atoms with Gasteiger partial charge in [0.05, 0.1) is 12.1 Å². The highest BCUT2D eigenvalue weighted by Gasteiger charge is 2.09. The van der Waals surface area contributed by atoms with Crippen molar-refractivity contribution in [3.8, 4) is 0 Å². The third-order valence-corrected chi connectivity index (χ3v) is 4.16. The Balaban J connectivity index is 1.83. The molecule has 1 aromatic heterocycles. The molecular formula is C21H20N2O2. The number of rotatable bonds is 4. The van der Waals surface area contributed by atoms with E-state index in [4.69, 9.17) is 0 Å². The third kappa shape index (κ3) is 4.04. The Labute approximate surface area is 146 Å². The summed E-state index contributed by atoms with van der Waals surface area (Å²) in [6, 6.07) is 18.5. The molecule has 0 spiro atoms. The molecule has 25 heavy (non-hydrogen) atoms. The number of carbonyl (C=O) groups is 1. The fourth-order valence-corrected chi connectivity index (χ4v) is 2.60. The molecule has 0 radical (unpaired) electrons. The van der Waals surface area contributed by atoms with E-state index in [-0.39, 0.29) is 11.5 Å². The monoisotopic (exact) mass is 332 g/mol. The molecule has 1 heterocycles. The van der Waals surface area contributed by atoms with Gasteiger partial charge in [0.25, 0.3) is 11.5 Å². The molecule has 126 valence electrons. The van der Waals surface area contributed by atoms with Gasteiger partial charge in [-0.2, -0.15) is 0 Å². The molecule has 2 aromatic carbocycles. The average molecular weight is 332 g/mol. The molecular weight excluding hydrogens is 312 g/mol. The highest BCUT2D eigenvalue weighted by Crippen LogP contribution is 2.12. The van der Waals surface area contributed by atoms with Crippen LogP contribution in [0.1, 0.15) is 27.0 Å². The van der Waals surface area contributed by atoms with Crippen LogP contribution in [-0.2, 0) is 6.54 Å². The van der Waals surface area contributed by atoms with E-state index in [9.17, 15) is 9.59 Å². The zero-order chi connectivity index (χ0) is 17.8. The summed E-state index contributed by atoms with van der Waals surface area (Å²) in [4.78, 5) is 24.6. The van der Waals surface area contributed by atoms with E-state index in [1.54, 1.807) is 16.8 Å². The topological polar surface area (TPSA) is 51.1 Å². The summed E-state index contributed by atoms with van der Waals surface area (Å²) in [5, 5.41) is 2.85. The number of amides is 1. The first-order valence-corrected chi connectivity index (χ1v) is 8.16. The molecule has 1 amide bonds. The van der Waals surface area contributed by atoms with E-state index in [0.717, 1.165) is 22.4 Å². The highest BCUT2D eigenvalue weighted by molar-refractivity contribution is 6.04. The van der Waals surface area contributed by atoms with Gasteiger partial charge in [0.15, 0.2) is 0 Å². The summed E-state index contributed by atoms with van der Waals surface area (Å²) in [5.41, 5.74) is 4.35. The summed E-state index contributed by atoms with van der Waals surface area (Å²) >= 11 is 0. The fourth-order valence-electron chi connectivity index (χ4n) is 2.60. The summed E-state index contributed by atoms with van der Waals surface area (Å²) in [5.74, 6) is -0.234. The summed E-state index contributed by atoms with van der Waals surface area (Å²) in [6.07, 6.45) is 1.61. The van der Waals surface area contributed by atoms with Gasteiger partial charge in [-0.15, -0.1) is 0 Å². The molecule has 0 atom stereocenters. The number of nitrogens with one attached hydrogen (secondary N) is 1. The van der Waals surface area contributed by atoms with Gasteiger partial charge >= 0.3 is 0 Å². The molecule has 1 N–H and O–H groups in total. The highest BCUT2D eigenvalue weighted by atomic mass is 16.2. The first kappa shape index (κ1) is 16.7. The van der Waals surface area contributed by atoms with Crippen molar-refractivity contribution < 1.29 is 4.79 Å². The van der Waals surface area contributed by atoms with Gasteiger partial charge in [-0.25, -0.2) is 0 Å². The molecule has 0 unspecified atom stereocenters. The van der Waals surface area contributed by atoms with Crippen molar-refractivity contribution in [2.24, 2.45) is 0 Å². The zero-order valence-corrected chi connectivity index (χ0v) is 14.3. The van der Waals surface area contributed by atoms with Crippen LogP contribution < -0.4 is 10.9 Å². The first-order valence-electron chi connectivity index (χ1n) is 8.16. The standard InChI is InChI=1S/C21H20N2O2/c1-15-7-10-19(11-8-15)22-21(25)18-9-12-20(24)23(14-18)13-17-6-4-3-5-16(17)2/h3-12,14H,13H2,1-2H3,(H,22,25). The number of benzene rings is 2. The summed E-state index contributed by atoms with van der Waals surface area (Å²) in [7, 11) is 0. The molecule has 0 aliphatic rings. The van der Waals surface area contributed by atoms with Crippen LogP contribution in [0.15, 0.2) is 71.7 Å². The number of hydrogen-bond acceptors (Lipinski definition) is 2. The van der Waals surface area contributed by atoms with Gasteiger partial charge in [0.1, 0.15) is 0 Å². The quantitative estimate of drug-likeness (QED) is 0.791. The van der Waals surface area contributed by atoms with Gasteiger partial charge in [0.2, 0.25) is 0 Å². The Morgan fingerprint density at radius 3 is 2.40 bits per heavy atom. The number of pyridine rings is 1. The lowest BCUT2D eigenvalue weighted by Gasteiger charge is -2.11. The first-order chi connectivity index (χ1) is 12.0. The van der Waals surface area contributed by atoms with E-state index in [0.29, 0.717) is 12.1 Å². The lowest BCUT2D eigenvalue weighted by Crippen LogP contribution is -2.22. The molecule has 0 saturated heterocycles. The van der Waals surface area contributed by atoms with Crippen LogP contribution in [0, 0.1) is 13.8 Å². The van der Waals surface area contributed by atoms with E-state index >= 15 is 0 Å². The van der Waals surface area contributed by atoms with Crippen LogP contribution in [0.25, 0.3) is 0 Å². The van der Waals surface area contributed by atoms with Crippen molar-refractivity contribution in [2.45, 2.75) is 20.4 Å². The summed E-state index contributed by atoms with van der Waals surface area (Å²) in [6.45, 7) is 4.44. The van der Waals surface area contributed by atoms with Crippen molar-refractivity contribution in [1.82, 2.24) is 4.57 Å². The van der Waals surface area contributed by atoms with Gasteiger partial charge in [-0.05, 0) is 43.2 Å². The van der Waals surface area contributed by atoms with Gasteiger partial charge in [-0.3, -0.25) is 9.59 Å². The van der Waals surface area contributed by atoms with Crippen LogP contribution in [0.2, 0.25) is 0 Å². The Bertz CT molecular complexity index is 956. The van der Waals surface area contributed by atoms with Crippen LogP contribution >= 0.6 is 0 Å². The summed E-state index contributed by atoms with van der Waals surface area (Å²) < 4.78 is 1.56. The van der Waals surface area contributed by atoms with Crippen molar-refractivity contribution >= 4 is 11.6 Å². The molecule has 4 heteroatoms. The minimum atomic E-state index is -0.234. The smallest absolute Gasteiger partial charge is 0.257 e. The van der Waals surface area contributed by atoms with Crippen LogP contribution in [0.5, 0.6) is 0 Å². The predicted octanol–water partition coefficient (Wildman–Crippen LogP) is 3.77. The molecule has 0 aliphatic carbocycles. The molecule has 0 saturated carbocycles. The van der Waals surface area contributed by atoms with Gasteiger partial charge in [0, 0.05) is 18.0 Å². The second-order valence-electron chi connectivity index (χ2n) is 6.13. The van der Waals surface area contributed by atoms with Crippen molar-refractivity contribution in [1.29, 1.82) is 0 Å². The molecule has 0 bridgehead atoms. The Morgan fingerprint density at radius 2 is 1.68 bits per heavy atom. The largest absolute Gasteiger partial charge is 0.322 e. The molecule has 3 aromatic rings. The minimum absolute atomic E-state index is 0.130. The zero-order valence-electron chi connectivity index (χ0n) is 14.3. The Morgan fingerprint density at radius 1 is 0.960 bits per heavy atom. The lowest BCUT2D eigenvalue weighted by atomic mass is 10.1. The Hall–Kier alpha value is -3.14. The van der Waals surface area contributed by atoms with E-state index in [1.807, 2.05) is 62.4 Å². The second kappa shape index (κ2) is 7.18. The van der Waals surface area contributed by atoms with Crippen molar-refractivity contribution in [3.05, 3.63) is 99.5 Å². The number of carbonyl (C=O) groups excluding carboxylic acids is 1. The molecule has 4 nitrogen and oxygen atoms in total. The Kier molecular flexibility index (Phi) is 4.80. The molecule has 3 rings (SSSR count). The van der Waals surface area contributed by atoms with Crippen molar-refractivity contribution in [3.63, 3.8) is 0 Å². The number of hydrogen-bond donors (Lipinski definition) is 1. The molecule has 0 aliphatic heterocycles. The van der Waals surface area contributed by atoms with E-state index in [1.165, 1.54) is 6.07 Å². The van der Waals surface area contributed by atoms with Gasteiger partial charge in [-0.1, -0.05) is 42.0 Å². The fraction of sp³-hybridized carbons (Fsp3) is 0.143. The lowest BCUT2D eigenvalue weighted by molar-refractivity contribution is 0.102. The average Bonchev–Trinajstić information content (AvgIpc) is 2.60. The maximum absolute atomic E-state index is 12.5. The third-order valence-electron chi connectivity index (χ3n) is 4.16. The van der Waals surface area contributed by atoms with Gasteiger partial charge < -0.3 is 9.88 Å². The van der Waals surface area contributed by atoms with Crippen LogP contribution in [0.4, 0.5) is 5.69 Å². The number of aromatic nitrogens is 1. The predicted molar refractivity (Wildman–Crippen MR) is 100 cm³/mol. The van der Waals surface area contributed by atoms with Crippen LogP contribution in [-0.4, -0.2) is 10.5 Å². The SMILES string of the molecule is Cc1ccc(NC(=O)c2ccc(=O)n(Cc3ccccc3C)c2)cc1. The second-order valence-corrected chi connectivity index (χ2v) is 6.13. The maximum Gasteiger partial charge on any atom is 0.257 e. The van der Waals surface area contributed by atoms with E-state index in [2.05, 4.69) is 5.32 Å². The van der Waals surface area contributed by atoms with Crippen LogP contribution in [0.3, 0.4) is 0 Å².